The molecule has 0 saturated heterocycles. The molecule has 1 aromatic heterocycles. The number of ether oxygens (including phenoxy) is 1. The second kappa shape index (κ2) is 6.63. The molecule has 0 radical (unpaired) electrons. The summed E-state index contributed by atoms with van der Waals surface area (Å²) in [5.74, 6) is 0.668. The number of hydrogen-bond acceptors (Lipinski definition) is 2. The van der Waals surface area contributed by atoms with E-state index < -0.39 is 0 Å². The van der Waals surface area contributed by atoms with Crippen LogP contribution in [0.5, 0.6) is 5.88 Å². The minimum Gasteiger partial charge on any atom is -0.481 e. The molecule has 1 heterocycles. The van der Waals surface area contributed by atoms with Gasteiger partial charge in [-0.25, -0.2) is 4.98 Å². The molecule has 110 valence electrons. The van der Waals surface area contributed by atoms with E-state index in [9.17, 15) is 0 Å². The van der Waals surface area contributed by atoms with Gasteiger partial charge in [-0.2, -0.15) is 0 Å². The van der Waals surface area contributed by atoms with Gasteiger partial charge in [0.2, 0.25) is 5.88 Å². The molecular formula is C19H16ClNO. The van der Waals surface area contributed by atoms with Gasteiger partial charge in [0, 0.05) is 28.8 Å². The predicted molar refractivity (Wildman–Crippen MR) is 90.5 cm³/mol. The molecule has 0 aliphatic carbocycles. The minimum absolute atomic E-state index is 0.668. The van der Waals surface area contributed by atoms with Crippen LogP contribution in [0.3, 0.4) is 0 Å². The van der Waals surface area contributed by atoms with Gasteiger partial charge in [0.25, 0.3) is 0 Å². The van der Waals surface area contributed by atoms with Crippen molar-refractivity contribution in [1.29, 1.82) is 0 Å². The summed E-state index contributed by atoms with van der Waals surface area (Å²) >= 11 is 5.95. The fourth-order valence-electron chi connectivity index (χ4n) is 2.42. The monoisotopic (exact) mass is 309 g/mol. The molecule has 22 heavy (non-hydrogen) atoms. The number of methoxy groups -OCH3 is 1. The van der Waals surface area contributed by atoms with Crippen molar-refractivity contribution < 1.29 is 4.74 Å². The number of nitrogens with zero attached hydrogens (tertiary/aromatic N) is 1. The van der Waals surface area contributed by atoms with Crippen LogP contribution in [0.1, 0.15) is 11.1 Å². The highest BCUT2D eigenvalue weighted by molar-refractivity contribution is 6.30. The zero-order chi connectivity index (χ0) is 15.4. The van der Waals surface area contributed by atoms with E-state index in [-0.39, 0.29) is 0 Å². The lowest BCUT2D eigenvalue weighted by atomic mass is 10.0. The van der Waals surface area contributed by atoms with E-state index >= 15 is 0 Å². The average Bonchev–Trinajstić information content (AvgIpc) is 2.56. The first-order chi connectivity index (χ1) is 10.8. The number of rotatable bonds is 4. The minimum atomic E-state index is 0.668. The van der Waals surface area contributed by atoms with Crippen molar-refractivity contribution in [1.82, 2.24) is 4.98 Å². The second-order valence-electron chi connectivity index (χ2n) is 5.06. The summed E-state index contributed by atoms with van der Waals surface area (Å²) in [5, 5.41) is 0.731. The van der Waals surface area contributed by atoms with E-state index in [2.05, 4.69) is 23.2 Å². The maximum absolute atomic E-state index is 5.95. The Morgan fingerprint density at radius 1 is 0.955 bits per heavy atom. The Morgan fingerprint density at radius 3 is 2.36 bits per heavy atom. The molecule has 2 aromatic carbocycles. The van der Waals surface area contributed by atoms with Gasteiger partial charge in [-0.1, -0.05) is 54.1 Å². The van der Waals surface area contributed by atoms with Crippen LogP contribution < -0.4 is 4.74 Å². The van der Waals surface area contributed by atoms with E-state index in [0.29, 0.717) is 5.88 Å². The molecule has 3 aromatic rings. The quantitative estimate of drug-likeness (QED) is 0.676. The Balaban J connectivity index is 1.97. The van der Waals surface area contributed by atoms with Crippen molar-refractivity contribution >= 4 is 11.6 Å². The molecule has 0 N–H and O–H groups in total. The van der Waals surface area contributed by atoms with Crippen molar-refractivity contribution in [3.63, 3.8) is 0 Å². The summed E-state index contributed by atoms with van der Waals surface area (Å²) in [6.45, 7) is 0. The number of halogens is 1. The molecule has 3 rings (SSSR count). The Morgan fingerprint density at radius 2 is 1.68 bits per heavy atom. The van der Waals surface area contributed by atoms with E-state index in [1.54, 1.807) is 7.11 Å². The molecule has 0 aliphatic heterocycles. The van der Waals surface area contributed by atoms with Gasteiger partial charge in [0.15, 0.2) is 0 Å². The zero-order valence-corrected chi connectivity index (χ0v) is 13.0. The summed E-state index contributed by atoms with van der Waals surface area (Å²) in [4.78, 5) is 4.44. The van der Waals surface area contributed by atoms with Crippen LogP contribution >= 0.6 is 11.6 Å². The third-order valence-corrected chi connectivity index (χ3v) is 3.79. The van der Waals surface area contributed by atoms with Crippen molar-refractivity contribution in [2.24, 2.45) is 0 Å². The molecule has 0 spiro atoms. The molecule has 0 saturated carbocycles. The van der Waals surface area contributed by atoms with E-state index in [4.69, 9.17) is 16.3 Å². The van der Waals surface area contributed by atoms with Crippen LogP contribution in [0.4, 0.5) is 0 Å². The van der Waals surface area contributed by atoms with Gasteiger partial charge in [0.05, 0.1) is 7.11 Å². The second-order valence-corrected chi connectivity index (χ2v) is 5.50. The van der Waals surface area contributed by atoms with Gasteiger partial charge >= 0.3 is 0 Å². The standard InChI is InChI=1S/C19H16ClNO/c1-22-19-16(11-14-5-3-2-4-6-14)12-17(13-21-19)15-7-9-18(20)10-8-15/h2-10,12-13H,11H2,1H3. The lowest BCUT2D eigenvalue weighted by Gasteiger charge is -2.10. The first kappa shape index (κ1) is 14.6. The molecule has 0 atom stereocenters. The number of aromatic nitrogens is 1. The fraction of sp³-hybridized carbons (Fsp3) is 0.105. The Hall–Kier alpha value is -2.32. The third-order valence-electron chi connectivity index (χ3n) is 3.53. The van der Waals surface area contributed by atoms with Gasteiger partial charge < -0.3 is 4.74 Å². The summed E-state index contributed by atoms with van der Waals surface area (Å²) < 4.78 is 5.40. The first-order valence-electron chi connectivity index (χ1n) is 7.09. The Labute approximate surface area is 135 Å². The van der Waals surface area contributed by atoms with Gasteiger partial charge in [0.1, 0.15) is 0 Å². The molecule has 2 nitrogen and oxygen atoms in total. The summed E-state index contributed by atoms with van der Waals surface area (Å²) in [6, 6.07) is 20.2. The van der Waals surface area contributed by atoms with Crippen LogP contribution in [0, 0.1) is 0 Å². The highest BCUT2D eigenvalue weighted by atomic mass is 35.5. The molecule has 0 fully saturated rings. The van der Waals surface area contributed by atoms with Gasteiger partial charge in [-0.3, -0.25) is 0 Å². The maximum atomic E-state index is 5.95. The highest BCUT2D eigenvalue weighted by Crippen LogP contribution is 2.27. The van der Waals surface area contributed by atoms with Crippen molar-refractivity contribution in [2.75, 3.05) is 7.11 Å². The normalized spacial score (nSPS) is 10.5. The van der Waals surface area contributed by atoms with E-state index in [1.807, 2.05) is 48.7 Å². The van der Waals surface area contributed by atoms with Crippen molar-refractivity contribution in [3.8, 4) is 17.0 Å². The molecule has 0 aliphatic rings. The number of pyridine rings is 1. The van der Waals surface area contributed by atoms with Crippen LogP contribution in [0.15, 0.2) is 66.9 Å². The topological polar surface area (TPSA) is 22.1 Å². The van der Waals surface area contributed by atoms with Gasteiger partial charge in [-0.05, 0) is 29.3 Å². The lowest BCUT2D eigenvalue weighted by Crippen LogP contribution is -1.97. The zero-order valence-electron chi connectivity index (χ0n) is 12.3. The largest absolute Gasteiger partial charge is 0.481 e. The Bertz CT molecular complexity index is 754. The molecule has 0 bridgehead atoms. The molecule has 0 unspecified atom stereocenters. The first-order valence-corrected chi connectivity index (χ1v) is 7.47. The maximum Gasteiger partial charge on any atom is 0.216 e. The molecule has 3 heteroatoms. The molecular weight excluding hydrogens is 294 g/mol. The average molecular weight is 310 g/mol. The SMILES string of the molecule is COc1ncc(-c2ccc(Cl)cc2)cc1Cc1ccccc1. The number of benzene rings is 2. The van der Waals surface area contributed by atoms with Crippen molar-refractivity contribution in [2.45, 2.75) is 6.42 Å². The number of hydrogen-bond donors (Lipinski definition) is 0. The smallest absolute Gasteiger partial charge is 0.216 e. The fourth-order valence-corrected chi connectivity index (χ4v) is 2.55. The summed E-state index contributed by atoms with van der Waals surface area (Å²) in [5.41, 5.74) is 4.45. The Kier molecular flexibility index (Phi) is 4.40. The van der Waals surface area contributed by atoms with Crippen LogP contribution in [-0.4, -0.2) is 12.1 Å². The summed E-state index contributed by atoms with van der Waals surface area (Å²) in [7, 11) is 1.65. The highest BCUT2D eigenvalue weighted by Gasteiger charge is 2.08. The van der Waals surface area contributed by atoms with Gasteiger partial charge in [-0.15, -0.1) is 0 Å². The van der Waals surface area contributed by atoms with Crippen LogP contribution in [0.2, 0.25) is 5.02 Å². The molecule has 0 amide bonds. The third kappa shape index (κ3) is 3.29. The van der Waals surface area contributed by atoms with E-state index in [0.717, 1.165) is 28.1 Å². The van der Waals surface area contributed by atoms with Crippen LogP contribution in [0.25, 0.3) is 11.1 Å². The van der Waals surface area contributed by atoms with Crippen molar-refractivity contribution in [3.05, 3.63) is 83.0 Å². The summed E-state index contributed by atoms with van der Waals surface area (Å²) in [6.07, 6.45) is 2.62. The van der Waals surface area contributed by atoms with Crippen LogP contribution in [-0.2, 0) is 6.42 Å². The lowest BCUT2D eigenvalue weighted by molar-refractivity contribution is 0.393. The van der Waals surface area contributed by atoms with E-state index in [1.165, 1.54) is 5.56 Å². The predicted octanol–water partition coefficient (Wildman–Crippen LogP) is 5.00.